The molecule has 1 N–H and O–H groups in total. The van der Waals surface area contributed by atoms with Crippen LogP contribution in [-0.2, 0) is 11.3 Å². The molecule has 0 aliphatic carbocycles. The lowest BCUT2D eigenvalue weighted by Gasteiger charge is -2.17. The average Bonchev–Trinajstić information content (AvgIpc) is 2.94. The summed E-state index contributed by atoms with van der Waals surface area (Å²) in [5.41, 5.74) is 1.54. The van der Waals surface area contributed by atoms with Crippen molar-refractivity contribution in [2.75, 3.05) is 12.4 Å². The number of nitrogens with one attached hydrogen (secondary N) is 1. The first kappa shape index (κ1) is 17.5. The van der Waals surface area contributed by atoms with Gasteiger partial charge >= 0.3 is 0 Å². The van der Waals surface area contributed by atoms with Gasteiger partial charge < -0.3 is 10.2 Å². The van der Waals surface area contributed by atoms with Crippen LogP contribution in [0.25, 0.3) is 10.1 Å². The van der Waals surface area contributed by atoms with Crippen molar-refractivity contribution in [2.24, 2.45) is 0 Å². The fraction of sp³-hybridized carbons (Fsp3) is 0.158. The van der Waals surface area contributed by atoms with Crippen molar-refractivity contribution in [2.45, 2.75) is 13.5 Å². The van der Waals surface area contributed by atoms with Crippen LogP contribution in [0.4, 0.5) is 5.69 Å². The van der Waals surface area contributed by atoms with Crippen molar-refractivity contribution in [3.8, 4) is 0 Å². The molecule has 0 aliphatic rings. The molecule has 3 aromatic rings. The second-order valence-corrected chi connectivity index (χ2v) is 7.16. The van der Waals surface area contributed by atoms with Crippen molar-refractivity contribution in [1.82, 2.24) is 4.90 Å². The summed E-state index contributed by atoms with van der Waals surface area (Å²) in [4.78, 5) is 26.3. The molecule has 4 nitrogen and oxygen atoms in total. The maximum Gasteiger partial charge on any atom is 0.267 e. The van der Waals surface area contributed by atoms with E-state index in [-0.39, 0.29) is 11.8 Å². The number of carbonyl (C=O) groups excluding carboxylic acids is 2. The Morgan fingerprint density at radius 2 is 1.80 bits per heavy atom. The molecule has 0 atom stereocenters. The predicted molar refractivity (Wildman–Crippen MR) is 103 cm³/mol. The Morgan fingerprint density at radius 3 is 2.52 bits per heavy atom. The lowest BCUT2D eigenvalue weighted by Crippen LogP contribution is -2.24. The molecule has 128 valence electrons. The lowest BCUT2D eigenvalue weighted by molar-refractivity contribution is -0.128. The maximum atomic E-state index is 12.7. The third-order valence-corrected chi connectivity index (χ3v) is 5.63. The van der Waals surface area contributed by atoms with Gasteiger partial charge in [0.1, 0.15) is 4.88 Å². The van der Waals surface area contributed by atoms with Crippen LogP contribution in [-0.4, -0.2) is 23.8 Å². The van der Waals surface area contributed by atoms with E-state index in [9.17, 15) is 9.59 Å². The number of halogens is 1. The first-order chi connectivity index (χ1) is 12.0. The zero-order chi connectivity index (χ0) is 18.0. The monoisotopic (exact) mass is 372 g/mol. The molecule has 0 aliphatic heterocycles. The second kappa shape index (κ2) is 7.25. The van der Waals surface area contributed by atoms with Gasteiger partial charge in [0.15, 0.2) is 0 Å². The molecule has 6 heteroatoms. The fourth-order valence-corrected chi connectivity index (χ4v) is 3.90. The summed E-state index contributed by atoms with van der Waals surface area (Å²) in [5, 5.41) is 4.27. The van der Waals surface area contributed by atoms with E-state index in [0.29, 0.717) is 22.1 Å². The molecule has 2 amide bonds. The van der Waals surface area contributed by atoms with Crippen molar-refractivity contribution < 1.29 is 9.59 Å². The standard InChI is InChI=1S/C19H17ClN2O2S/c1-12(23)22(2)11-13-7-3-5-9-15(13)21-19(24)18-17(20)14-8-4-6-10-16(14)25-18/h3-10H,11H2,1-2H3,(H,21,24). The molecule has 0 unspecified atom stereocenters. The van der Waals surface area contributed by atoms with Crippen molar-refractivity contribution in [1.29, 1.82) is 0 Å². The Kier molecular flexibility index (Phi) is 5.06. The van der Waals surface area contributed by atoms with E-state index in [1.165, 1.54) is 18.3 Å². The molecule has 0 saturated heterocycles. The molecular formula is C19H17ClN2O2S. The summed E-state index contributed by atoms with van der Waals surface area (Å²) in [7, 11) is 1.73. The molecular weight excluding hydrogens is 356 g/mol. The molecule has 0 fully saturated rings. The molecule has 1 aromatic heterocycles. The van der Waals surface area contributed by atoms with Gasteiger partial charge in [-0.15, -0.1) is 11.3 Å². The van der Waals surface area contributed by atoms with Crippen LogP contribution < -0.4 is 5.32 Å². The van der Waals surface area contributed by atoms with E-state index in [2.05, 4.69) is 5.32 Å². The van der Waals surface area contributed by atoms with Crippen LogP contribution in [0.15, 0.2) is 48.5 Å². The average molecular weight is 373 g/mol. The highest BCUT2D eigenvalue weighted by Gasteiger charge is 2.18. The van der Waals surface area contributed by atoms with Gasteiger partial charge in [0.2, 0.25) is 5.91 Å². The van der Waals surface area contributed by atoms with Crippen LogP contribution in [0.2, 0.25) is 5.02 Å². The number of thiophene rings is 1. The highest BCUT2D eigenvalue weighted by molar-refractivity contribution is 7.21. The van der Waals surface area contributed by atoms with Crippen LogP contribution in [0.3, 0.4) is 0 Å². The Labute approximate surface area is 155 Å². The predicted octanol–water partition coefficient (Wildman–Crippen LogP) is 4.79. The third kappa shape index (κ3) is 3.67. The topological polar surface area (TPSA) is 49.4 Å². The van der Waals surface area contributed by atoms with Crippen molar-refractivity contribution >= 4 is 50.5 Å². The third-order valence-electron chi connectivity index (χ3n) is 3.95. The van der Waals surface area contributed by atoms with E-state index >= 15 is 0 Å². The Bertz CT molecular complexity index is 952. The minimum atomic E-state index is -0.246. The van der Waals surface area contributed by atoms with E-state index in [1.54, 1.807) is 11.9 Å². The summed E-state index contributed by atoms with van der Waals surface area (Å²) >= 11 is 7.75. The fourth-order valence-electron chi connectivity index (χ4n) is 2.49. The summed E-state index contributed by atoms with van der Waals surface area (Å²) in [6.07, 6.45) is 0. The van der Waals surface area contributed by atoms with E-state index < -0.39 is 0 Å². The molecule has 2 aromatic carbocycles. The van der Waals surface area contributed by atoms with Gasteiger partial charge in [-0.2, -0.15) is 0 Å². The summed E-state index contributed by atoms with van der Waals surface area (Å²) < 4.78 is 0.974. The van der Waals surface area contributed by atoms with Crippen LogP contribution in [0.1, 0.15) is 22.2 Å². The Balaban J connectivity index is 1.88. The minimum Gasteiger partial charge on any atom is -0.342 e. The number of para-hydroxylation sites is 1. The number of hydrogen-bond acceptors (Lipinski definition) is 3. The summed E-state index contributed by atoms with van der Waals surface area (Å²) in [6, 6.07) is 15.1. The molecule has 0 radical (unpaired) electrons. The van der Waals surface area contributed by atoms with E-state index in [1.807, 2.05) is 48.5 Å². The van der Waals surface area contributed by atoms with Crippen LogP contribution in [0, 0.1) is 0 Å². The number of anilines is 1. The van der Waals surface area contributed by atoms with Gasteiger partial charge in [-0.05, 0) is 17.7 Å². The number of rotatable bonds is 4. The summed E-state index contributed by atoms with van der Waals surface area (Å²) in [6.45, 7) is 1.93. The van der Waals surface area contributed by atoms with E-state index in [0.717, 1.165) is 15.6 Å². The number of amides is 2. The highest BCUT2D eigenvalue weighted by atomic mass is 35.5. The van der Waals surface area contributed by atoms with Gasteiger partial charge in [0.25, 0.3) is 5.91 Å². The van der Waals surface area contributed by atoms with Gasteiger partial charge in [-0.3, -0.25) is 9.59 Å². The first-order valence-corrected chi connectivity index (χ1v) is 8.95. The normalized spacial score (nSPS) is 10.7. The van der Waals surface area contributed by atoms with E-state index in [4.69, 9.17) is 11.6 Å². The number of carbonyl (C=O) groups is 2. The van der Waals surface area contributed by atoms with Gasteiger partial charge in [0, 0.05) is 36.3 Å². The van der Waals surface area contributed by atoms with Crippen molar-refractivity contribution in [3.05, 3.63) is 64.0 Å². The molecule has 0 bridgehead atoms. The molecule has 0 saturated carbocycles. The molecule has 25 heavy (non-hydrogen) atoms. The van der Waals surface area contributed by atoms with Crippen LogP contribution >= 0.6 is 22.9 Å². The number of hydrogen-bond donors (Lipinski definition) is 1. The van der Waals surface area contributed by atoms with Crippen molar-refractivity contribution in [3.63, 3.8) is 0 Å². The number of fused-ring (bicyclic) bond motifs is 1. The van der Waals surface area contributed by atoms with Gasteiger partial charge in [-0.1, -0.05) is 48.0 Å². The maximum absolute atomic E-state index is 12.7. The number of nitrogens with zero attached hydrogens (tertiary/aromatic N) is 1. The Morgan fingerprint density at radius 1 is 1.12 bits per heavy atom. The SMILES string of the molecule is CC(=O)N(C)Cc1ccccc1NC(=O)c1sc2ccccc2c1Cl. The smallest absolute Gasteiger partial charge is 0.267 e. The molecule has 1 heterocycles. The van der Waals surface area contributed by atoms with Crippen LogP contribution in [0.5, 0.6) is 0 Å². The summed E-state index contributed by atoms with van der Waals surface area (Å²) in [5.74, 6) is -0.280. The highest BCUT2D eigenvalue weighted by Crippen LogP contribution is 2.35. The lowest BCUT2D eigenvalue weighted by atomic mass is 10.1. The first-order valence-electron chi connectivity index (χ1n) is 7.75. The quantitative estimate of drug-likeness (QED) is 0.716. The minimum absolute atomic E-state index is 0.0336. The zero-order valence-electron chi connectivity index (χ0n) is 13.9. The van der Waals surface area contributed by atoms with Gasteiger partial charge in [-0.25, -0.2) is 0 Å². The Hall–Kier alpha value is -2.37. The molecule has 0 spiro atoms. The van der Waals surface area contributed by atoms with Gasteiger partial charge in [0.05, 0.1) is 5.02 Å². The number of benzene rings is 2. The zero-order valence-corrected chi connectivity index (χ0v) is 15.4. The largest absolute Gasteiger partial charge is 0.342 e. The second-order valence-electron chi connectivity index (χ2n) is 5.73. The molecule has 3 rings (SSSR count).